The van der Waals surface area contributed by atoms with E-state index in [9.17, 15) is 9.50 Å². The van der Waals surface area contributed by atoms with E-state index in [1.807, 2.05) is 0 Å². The zero-order chi connectivity index (χ0) is 10.1. The maximum absolute atomic E-state index is 13.3. The van der Waals surface area contributed by atoms with Crippen LogP contribution in [0.25, 0.3) is 0 Å². The molecule has 0 heterocycles. The molecular formula is C11H12ClFO. The molecule has 0 saturated heterocycles. The highest BCUT2D eigenvalue weighted by Gasteiger charge is 2.26. The maximum Gasteiger partial charge on any atom is 0.130 e. The van der Waals surface area contributed by atoms with Crippen molar-refractivity contribution in [3.05, 3.63) is 34.6 Å². The summed E-state index contributed by atoms with van der Waals surface area (Å²) in [6, 6.07) is 4.41. The minimum atomic E-state index is -0.681. The lowest BCUT2D eigenvalue weighted by atomic mass is 10.0. The van der Waals surface area contributed by atoms with E-state index in [2.05, 4.69) is 0 Å². The number of hydrogen-bond donors (Lipinski definition) is 1. The summed E-state index contributed by atoms with van der Waals surface area (Å²) in [4.78, 5) is 0. The van der Waals surface area contributed by atoms with Gasteiger partial charge in [-0.2, -0.15) is 0 Å². The van der Waals surface area contributed by atoms with Gasteiger partial charge in [-0.3, -0.25) is 0 Å². The predicted octanol–water partition coefficient (Wildman–Crippen LogP) is 3.31. The van der Waals surface area contributed by atoms with Gasteiger partial charge >= 0.3 is 0 Å². The fourth-order valence-corrected chi connectivity index (χ4v) is 1.73. The van der Waals surface area contributed by atoms with Gasteiger partial charge in [-0.05, 0) is 24.5 Å². The summed E-state index contributed by atoms with van der Waals surface area (Å²) < 4.78 is 13.3. The van der Waals surface area contributed by atoms with Crippen LogP contribution >= 0.6 is 11.6 Å². The van der Waals surface area contributed by atoms with E-state index >= 15 is 0 Å². The van der Waals surface area contributed by atoms with Crippen molar-refractivity contribution < 1.29 is 9.50 Å². The first-order valence-electron chi connectivity index (χ1n) is 4.80. The van der Waals surface area contributed by atoms with Crippen molar-refractivity contribution in [2.75, 3.05) is 0 Å². The third kappa shape index (κ3) is 2.25. The highest BCUT2D eigenvalue weighted by atomic mass is 35.5. The molecule has 76 valence electrons. The van der Waals surface area contributed by atoms with Crippen LogP contribution in [0.1, 0.15) is 30.9 Å². The minimum Gasteiger partial charge on any atom is -0.388 e. The Bertz CT molecular complexity index is 336. The summed E-state index contributed by atoms with van der Waals surface area (Å²) in [5.74, 6) is 0.172. The molecule has 1 nitrogen and oxygen atoms in total. The monoisotopic (exact) mass is 214 g/mol. The molecule has 2 rings (SSSR count). The molecule has 0 radical (unpaired) electrons. The first kappa shape index (κ1) is 9.94. The molecule has 1 fully saturated rings. The first-order chi connectivity index (χ1) is 6.66. The molecule has 1 atom stereocenters. The van der Waals surface area contributed by atoms with Gasteiger partial charge in [0.05, 0.1) is 6.10 Å². The van der Waals surface area contributed by atoms with Crippen molar-refractivity contribution in [1.29, 1.82) is 0 Å². The number of aliphatic hydroxyl groups excluding tert-OH is 1. The first-order valence-corrected chi connectivity index (χ1v) is 5.17. The molecule has 1 unspecified atom stereocenters. The maximum atomic E-state index is 13.3. The highest BCUT2D eigenvalue weighted by Crippen LogP contribution is 2.38. The Labute approximate surface area is 87.5 Å². The lowest BCUT2D eigenvalue weighted by Gasteiger charge is -2.11. The Morgan fingerprint density at radius 1 is 1.50 bits per heavy atom. The van der Waals surface area contributed by atoms with Gasteiger partial charge in [0.2, 0.25) is 0 Å². The number of benzene rings is 1. The van der Waals surface area contributed by atoms with Crippen LogP contribution in [0.3, 0.4) is 0 Å². The Morgan fingerprint density at radius 3 is 2.79 bits per heavy atom. The van der Waals surface area contributed by atoms with Crippen LogP contribution in [0.15, 0.2) is 18.2 Å². The normalized spacial score (nSPS) is 18.2. The molecule has 1 aliphatic carbocycles. The van der Waals surface area contributed by atoms with E-state index < -0.39 is 11.9 Å². The molecule has 0 spiro atoms. The third-order valence-corrected chi connectivity index (χ3v) is 2.81. The van der Waals surface area contributed by atoms with Crippen molar-refractivity contribution >= 4 is 11.6 Å². The van der Waals surface area contributed by atoms with Crippen LogP contribution in [0, 0.1) is 11.7 Å². The van der Waals surface area contributed by atoms with Crippen LogP contribution < -0.4 is 0 Å². The average molecular weight is 215 g/mol. The zero-order valence-corrected chi connectivity index (χ0v) is 8.47. The van der Waals surface area contributed by atoms with Crippen molar-refractivity contribution in [2.24, 2.45) is 5.92 Å². The van der Waals surface area contributed by atoms with Gasteiger partial charge in [0.1, 0.15) is 5.82 Å². The van der Waals surface area contributed by atoms with Crippen molar-refractivity contribution in [3.63, 3.8) is 0 Å². The van der Waals surface area contributed by atoms with Gasteiger partial charge in [0, 0.05) is 10.6 Å². The highest BCUT2D eigenvalue weighted by molar-refractivity contribution is 6.30. The van der Waals surface area contributed by atoms with Gasteiger partial charge in [-0.15, -0.1) is 0 Å². The van der Waals surface area contributed by atoms with Crippen molar-refractivity contribution in [2.45, 2.75) is 25.4 Å². The second kappa shape index (κ2) is 3.87. The standard InChI is InChI=1S/C11H12ClFO/c12-8-3-4-9(10(13)6-8)11(14)5-7-1-2-7/h3-4,6-7,11,14H,1-2,5H2. The molecule has 0 amide bonds. The van der Waals surface area contributed by atoms with Crippen LogP contribution in [-0.4, -0.2) is 5.11 Å². The second-order valence-corrected chi connectivity index (χ2v) is 4.30. The van der Waals surface area contributed by atoms with Crippen LogP contribution in [-0.2, 0) is 0 Å². The topological polar surface area (TPSA) is 20.2 Å². The molecule has 1 N–H and O–H groups in total. The molecule has 0 aliphatic heterocycles. The quantitative estimate of drug-likeness (QED) is 0.819. The molecule has 14 heavy (non-hydrogen) atoms. The molecular weight excluding hydrogens is 203 g/mol. The van der Waals surface area contributed by atoms with Gasteiger partial charge in [0.15, 0.2) is 0 Å². The molecule has 0 aromatic heterocycles. The molecule has 1 saturated carbocycles. The molecule has 1 aromatic carbocycles. The zero-order valence-electron chi connectivity index (χ0n) is 7.71. The van der Waals surface area contributed by atoms with Crippen LogP contribution in [0.5, 0.6) is 0 Å². The summed E-state index contributed by atoms with van der Waals surface area (Å²) in [6.45, 7) is 0. The SMILES string of the molecule is OC(CC1CC1)c1ccc(Cl)cc1F. The number of aliphatic hydroxyl groups is 1. The Hall–Kier alpha value is -0.600. The molecule has 1 aromatic rings. The Morgan fingerprint density at radius 2 is 2.21 bits per heavy atom. The van der Waals surface area contributed by atoms with Gasteiger partial charge in [-0.25, -0.2) is 4.39 Å². The fourth-order valence-electron chi connectivity index (χ4n) is 1.57. The summed E-state index contributed by atoms with van der Waals surface area (Å²) in [5, 5.41) is 10.1. The van der Waals surface area contributed by atoms with E-state index in [1.165, 1.54) is 6.07 Å². The molecule has 3 heteroatoms. The minimum absolute atomic E-state index is 0.362. The Balaban J connectivity index is 2.13. The summed E-state index contributed by atoms with van der Waals surface area (Å²) in [6.07, 6.45) is 2.30. The van der Waals surface area contributed by atoms with Crippen molar-refractivity contribution in [3.8, 4) is 0 Å². The van der Waals surface area contributed by atoms with Crippen LogP contribution in [0.2, 0.25) is 5.02 Å². The summed E-state index contributed by atoms with van der Waals surface area (Å²) in [7, 11) is 0. The van der Waals surface area contributed by atoms with E-state index in [4.69, 9.17) is 11.6 Å². The Kier molecular flexibility index (Phi) is 2.75. The summed E-state index contributed by atoms with van der Waals surface area (Å²) >= 11 is 5.62. The van der Waals surface area contributed by atoms with Gasteiger partial charge < -0.3 is 5.11 Å². The smallest absolute Gasteiger partial charge is 0.130 e. The van der Waals surface area contributed by atoms with Crippen LogP contribution in [0.4, 0.5) is 4.39 Å². The van der Waals surface area contributed by atoms with E-state index in [0.29, 0.717) is 22.9 Å². The molecule has 1 aliphatic rings. The largest absolute Gasteiger partial charge is 0.388 e. The molecule has 0 bridgehead atoms. The lowest BCUT2D eigenvalue weighted by Crippen LogP contribution is -2.01. The number of halogens is 2. The van der Waals surface area contributed by atoms with E-state index in [1.54, 1.807) is 12.1 Å². The third-order valence-electron chi connectivity index (χ3n) is 2.58. The lowest BCUT2D eigenvalue weighted by molar-refractivity contribution is 0.156. The average Bonchev–Trinajstić information content (AvgIpc) is 2.87. The van der Waals surface area contributed by atoms with Gasteiger partial charge in [-0.1, -0.05) is 30.5 Å². The predicted molar refractivity (Wildman–Crippen MR) is 53.7 cm³/mol. The number of hydrogen-bond acceptors (Lipinski definition) is 1. The van der Waals surface area contributed by atoms with Crippen molar-refractivity contribution in [1.82, 2.24) is 0 Å². The summed E-state index contributed by atoms with van der Waals surface area (Å²) in [5.41, 5.74) is 0.362. The fraction of sp³-hybridized carbons (Fsp3) is 0.455. The number of rotatable bonds is 3. The van der Waals surface area contributed by atoms with E-state index in [0.717, 1.165) is 12.8 Å². The van der Waals surface area contributed by atoms with Gasteiger partial charge in [0.25, 0.3) is 0 Å². The van der Waals surface area contributed by atoms with E-state index in [-0.39, 0.29) is 0 Å². The second-order valence-electron chi connectivity index (χ2n) is 3.86.